The van der Waals surface area contributed by atoms with Gasteiger partial charge in [-0.3, -0.25) is 0 Å². The molecule has 0 saturated heterocycles. The van der Waals surface area contributed by atoms with Gasteiger partial charge in [0.2, 0.25) is 0 Å². The second-order valence-corrected chi connectivity index (χ2v) is 8.72. The summed E-state index contributed by atoms with van der Waals surface area (Å²) in [4.78, 5) is 21.0. The van der Waals surface area contributed by atoms with Crippen LogP contribution in [0, 0.1) is 0 Å². The first kappa shape index (κ1) is 27.2. The molecule has 2 aromatic carbocycles. The van der Waals surface area contributed by atoms with Crippen LogP contribution in [-0.2, 0) is 6.42 Å². The van der Waals surface area contributed by atoms with Crippen molar-refractivity contribution in [3.05, 3.63) is 53.7 Å². The van der Waals surface area contributed by atoms with Crippen LogP contribution < -0.4 is 19.5 Å². The summed E-state index contributed by atoms with van der Waals surface area (Å²) in [6.45, 7) is 10.2. The van der Waals surface area contributed by atoms with Gasteiger partial charge in [0, 0.05) is 36.7 Å². The van der Waals surface area contributed by atoms with Crippen molar-refractivity contribution in [3.63, 3.8) is 0 Å². The van der Waals surface area contributed by atoms with Gasteiger partial charge in [-0.05, 0) is 67.9 Å². The molecule has 0 bridgehead atoms. The molecular formula is C28H40N4O4. The number of rotatable bonds is 13. The number of fused-ring (bicyclic) bond motifs is 1. The van der Waals surface area contributed by atoms with Gasteiger partial charge >= 0.3 is 6.03 Å². The Morgan fingerprint density at radius 3 is 2.39 bits per heavy atom. The highest BCUT2D eigenvalue weighted by molar-refractivity contribution is 5.84. The first-order valence-corrected chi connectivity index (χ1v) is 12.6. The Morgan fingerprint density at radius 2 is 1.72 bits per heavy atom. The molecule has 0 aliphatic heterocycles. The van der Waals surface area contributed by atoms with Crippen LogP contribution in [0.4, 0.5) is 4.79 Å². The van der Waals surface area contributed by atoms with Crippen LogP contribution in [0.1, 0.15) is 37.9 Å². The van der Waals surface area contributed by atoms with Crippen molar-refractivity contribution in [2.24, 2.45) is 0 Å². The summed E-state index contributed by atoms with van der Waals surface area (Å²) in [5.41, 5.74) is 3.19. The largest absolute Gasteiger partial charge is 0.497 e. The molecular weight excluding hydrogens is 456 g/mol. The molecule has 36 heavy (non-hydrogen) atoms. The molecule has 8 nitrogen and oxygen atoms in total. The predicted molar refractivity (Wildman–Crippen MR) is 144 cm³/mol. The van der Waals surface area contributed by atoms with E-state index in [9.17, 15) is 4.79 Å². The number of amides is 2. The van der Waals surface area contributed by atoms with Crippen molar-refractivity contribution in [2.75, 3.05) is 54.1 Å². The summed E-state index contributed by atoms with van der Waals surface area (Å²) < 4.78 is 16.3. The van der Waals surface area contributed by atoms with Gasteiger partial charge in [0.15, 0.2) is 11.5 Å². The van der Waals surface area contributed by atoms with E-state index in [1.165, 1.54) is 0 Å². The third kappa shape index (κ3) is 6.43. The highest BCUT2D eigenvalue weighted by Gasteiger charge is 2.23. The first-order chi connectivity index (χ1) is 17.4. The van der Waals surface area contributed by atoms with Crippen molar-refractivity contribution in [2.45, 2.75) is 33.2 Å². The number of aromatic amines is 1. The molecule has 3 rings (SSSR count). The van der Waals surface area contributed by atoms with Crippen molar-refractivity contribution >= 4 is 16.9 Å². The molecule has 8 heteroatoms. The number of hydrogen-bond acceptors (Lipinski definition) is 5. The number of likely N-dealkylation sites (N-methyl/N-ethyl adjacent to an activating group) is 1. The van der Waals surface area contributed by atoms with Crippen molar-refractivity contribution in [1.29, 1.82) is 0 Å². The van der Waals surface area contributed by atoms with Gasteiger partial charge in [0.05, 0.1) is 27.4 Å². The second kappa shape index (κ2) is 13.1. The Morgan fingerprint density at radius 1 is 0.972 bits per heavy atom. The lowest BCUT2D eigenvalue weighted by atomic mass is 10.1. The Labute approximate surface area is 214 Å². The Bertz CT molecular complexity index is 1130. The third-order valence-corrected chi connectivity index (χ3v) is 6.82. The van der Waals surface area contributed by atoms with Crippen LogP contribution in [0.2, 0.25) is 0 Å². The van der Waals surface area contributed by atoms with Crippen LogP contribution >= 0.6 is 0 Å². The SMILES string of the molecule is CCN(CC)CCN(C(=O)NCCc1c[nH]c2ccc(OC)cc12)C(C)c1ccc(OC)c(OC)c1. The molecule has 1 unspecified atom stereocenters. The summed E-state index contributed by atoms with van der Waals surface area (Å²) in [5, 5.41) is 4.26. The normalized spacial score (nSPS) is 12.0. The van der Waals surface area contributed by atoms with Crippen molar-refractivity contribution in [3.8, 4) is 17.2 Å². The number of H-pyrrole nitrogens is 1. The van der Waals surface area contributed by atoms with E-state index in [1.807, 2.05) is 47.5 Å². The zero-order chi connectivity index (χ0) is 26.1. The molecule has 0 fully saturated rings. The van der Waals surface area contributed by atoms with Gasteiger partial charge in [0.1, 0.15) is 5.75 Å². The quantitative estimate of drug-likeness (QED) is 0.354. The lowest BCUT2D eigenvalue weighted by Crippen LogP contribution is -2.45. The lowest BCUT2D eigenvalue weighted by molar-refractivity contribution is 0.165. The van der Waals surface area contributed by atoms with Crippen molar-refractivity contribution in [1.82, 2.24) is 20.1 Å². The van der Waals surface area contributed by atoms with E-state index in [0.717, 1.165) is 47.4 Å². The van der Waals surface area contributed by atoms with E-state index in [2.05, 4.69) is 36.0 Å². The number of methoxy groups -OCH3 is 3. The van der Waals surface area contributed by atoms with Crippen LogP contribution in [0.3, 0.4) is 0 Å². The minimum Gasteiger partial charge on any atom is -0.497 e. The van der Waals surface area contributed by atoms with Gasteiger partial charge in [-0.15, -0.1) is 0 Å². The number of nitrogens with zero attached hydrogens (tertiary/aromatic N) is 2. The molecule has 0 aliphatic rings. The number of hydrogen-bond donors (Lipinski definition) is 2. The van der Waals surface area contributed by atoms with E-state index in [4.69, 9.17) is 14.2 Å². The Kier molecular flexibility index (Phi) is 9.87. The summed E-state index contributed by atoms with van der Waals surface area (Å²) in [6, 6.07) is 11.6. The zero-order valence-corrected chi connectivity index (χ0v) is 22.4. The van der Waals surface area contributed by atoms with Crippen LogP contribution in [-0.4, -0.2) is 74.9 Å². The molecule has 3 aromatic rings. The molecule has 0 saturated carbocycles. The minimum absolute atomic E-state index is 0.0816. The zero-order valence-electron chi connectivity index (χ0n) is 22.4. The molecule has 2 N–H and O–H groups in total. The molecule has 1 atom stereocenters. The van der Waals surface area contributed by atoms with E-state index in [0.29, 0.717) is 31.0 Å². The number of nitrogens with one attached hydrogen (secondary N) is 2. The molecule has 0 aliphatic carbocycles. The molecule has 2 amide bonds. The molecule has 1 heterocycles. The van der Waals surface area contributed by atoms with Gasteiger partial charge < -0.3 is 34.3 Å². The number of ether oxygens (including phenoxy) is 3. The maximum absolute atomic E-state index is 13.4. The van der Waals surface area contributed by atoms with E-state index >= 15 is 0 Å². The summed E-state index contributed by atoms with van der Waals surface area (Å²) >= 11 is 0. The lowest BCUT2D eigenvalue weighted by Gasteiger charge is -2.32. The fraction of sp³-hybridized carbons (Fsp3) is 0.464. The van der Waals surface area contributed by atoms with Crippen LogP contribution in [0.25, 0.3) is 10.9 Å². The molecule has 196 valence electrons. The maximum atomic E-state index is 13.4. The van der Waals surface area contributed by atoms with Crippen LogP contribution in [0.5, 0.6) is 17.2 Å². The van der Waals surface area contributed by atoms with Gasteiger partial charge in [-0.1, -0.05) is 19.9 Å². The highest BCUT2D eigenvalue weighted by atomic mass is 16.5. The molecule has 0 spiro atoms. The second-order valence-electron chi connectivity index (χ2n) is 8.72. The number of carbonyl (C=O) groups excluding carboxylic acids is 1. The van der Waals surface area contributed by atoms with Gasteiger partial charge in [-0.2, -0.15) is 0 Å². The van der Waals surface area contributed by atoms with E-state index < -0.39 is 0 Å². The smallest absolute Gasteiger partial charge is 0.317 e. The summed E-state index contributed by atoms with van der Waals surface area (Å²) in [7, 11) is 4.91. The Hall–Kier alpha value is -3.39. The fourth-order valence-electron chi connectivity index (χ4n) is 4.45. The number of benzene rings is 2. The number of urea groups is 1. The topological polar surface area (TPSA) is 79.1 Å². The van der Waals surface area contributed by atoms with Crippen LogP contribution in [0.15, 0.2) is 42.6 Å². The average Bonchev–Trinajstić information content (AvgIpc) is 3.32. The van der Waals surface area contributed by atoms with Gasteiger partial charge in [-0.25, -0.2) is 4.79 Å². The first-order valence-electron chi connectivity index (χ1n) is 12.6. The predicted octanol–water partition coefficient (Wildman–Crippen LogP) is 4.85. The third-order valence-electron chi connectivity index (χ3n) is 6.82. The van der Waals surface area contributed by atoms with Gasteiger partial charge in [0.25, 0.3) is 0 Å². The molecule has 0 radical (unpaired) electrons. The highest BCUT2D eigenvalue weighted by Crippen LogP contribution is 2.32. The summed E-state index contributed by atoms with van der Waals surface area (Å²) in [6.07, 6.45) is 2.72. The monoisotopic (exact) mass is 496 g/mol. The molecule has 1 aromatic heterocycles. The summed E-state index contributed by atoms with van der Waals surface area (Å²) in [5.74, 6) is 2.14. The number of carbonyl (C=O) groups is 1. The van der Waals surface area contributed by atoms with E-state index in [-0.39, 0.29) is 12.1 Å². The van der Waals surface area contributed by atoms with Crippen molar-refractivity contribution < 1.29 is 19.0 Å². The fourth-order valence-corrected chi connectivity index (χ4v) is 4.45. The maximum Gasteiger partial charge on any atom is 0.317 e. The van der Waals surface area contributed by atoms with E-state index in [1.54, 1.807) is 21.3 Å². The Balaban J connectivity index is 1.73. The standard InChI is InChI=1S/C28H40N4O4/c1-7-31(8-2)15-16-32(20(3)21-9-12-26(35-5)27(17-21)36-6)28(33)29-14-13-22-19-30-25-11-10-23(34-4)18-24(22)25/h9-12,17-20,30H,7-8,13-16H2,1-6H3,(H,29,33). The average molecular weight is 497 g/mol. The number of aromatic nitrogens is 1. The minimum atomic E-state index is -0.141.